The zero-order chi connectivity index (χ0) is 21.6. The first-order valence-corrected chi connectivity index (χ1v) is 9.73. The average Bonchev–Trinajstić information content (AvgIpc) is 3.07. The first-order chi connectivity index (χ1) is 15.1. The van der Waals surface area contributed by atoms with Crippen molar-refractivity contribution in [3.63, 3.8) is 0 Å². The van der Waals surface area contributed by atoms with Gasteiger partial charge < -0.3 is 10.1 Å². The maximum Gasteiger partial charge on any atom is 0.329 e. The molecule has 0 spiro atoms. The minimum Gasteiger partial charge on any atom is -0.489 e. The van der Waals surface area contributed by atoms with E-state index in [1.807, 2.05) is 48.5 Å². The van der Waals surface area contributed by atoms with Crippen LogP contribution in [0.1, 0.15) is 22.3 Å². The highest BCUT2D eigenvalue weighted by Crippen LogP contribution is 2.20. The molecule has 1 N–H and O–H groups in total. The molecular weight excluding hydrogens is 390 g/mol. The van der Waals surface area contributed by atoms with Crippen molar-refractivity contribution >= 4 is 18.0 Å². The molecule has 3 aromatic carbocycles. The van der Waals surface area contributed by atoms with Gasteiger partial charge in [0.15, 0.2) is 0 Å². The van der Waals surface area contributed by atoms with Gasteiger partial charge in [-0.05, 0) is 35.4 Å². The van der Waals surface area contributed by atoms with Gasteiger partial charge in [-0.1, -0.05) is 60.7 Å². The number of nitriles is 1. The highest BCUT2D eigenvalue weighted by molar-refractivity contribution is 6.13. The predicted molar refractivity (Wildman–Crippen MR) is 115 cm³/mol. The van der Waals surface area contributed by atoms with Crippen molar-refractivity contribution in [2.75, 3.05) is 0 Å². The van der Waals surface area contributed by atoms with Gasteiger partial charge in [0.1, 0.15) is 18.1 Å². The molecule has 0 unspecified atom stereocenters. The van der Waals surface area contributed by atoms with Gasteiger partial charge in [0.05, 0.1) is 18.2 Å². The summed E-state index contributed by atoms with van der Waals surface area (Å²) in [6.45, 7) is 0.507. The summed E-state index contributed by atoms with van der Waals surface area (Å²) in [4.78, 5) is 26.0. The molecule has 0 saturated carbocycles. The van der Waals surface area contributed by atoms with Crippen LogP contribution in [-0.4, -0.2) is 16.8 Å². The van der Waals surface area contributed by atoms with E-state index in [2.05, 4.69) is 11.4 Å². The number of imide groups is 1. The largest absolute Gasteiger partial charge is 0.489 e. The Labute approximate surface area is 180 Å². The zero-order valence-electron chi connectivity index (χ0n) is 16.6. The Hall–Kier alpha value is -4.37. The fourth-order valence-corrected chi connectivity index (χ4v) is 3.22. The molecule has 31 heavy (non-hydrogen) atoms. The highest BCUT2D eigenvalue weighted by atomic mass is 16.5. The number of carbonyl (C=O) groups excluding carboxylic acids is 2. The molecule has 1 aliphatic heterocycles. The van der Waals surface area contributed by atoms with Crippen molar-refractivity contribution in [1.82, 2.24) is 10.2 Å². The Bertz CT molecular complexity index is 1180. The van der Waals surface area contributed by atoms with Gasteiger partial charge in [-0.3, -0.25) is 9.69 Å². The number of amides is 3. The molecule has 1 saturated heterocycles. The van der Waals surface area contributed by atoms with Crippen molar-refractivity contribution in [3.05, 3.63) is 107 Å². The summed E-state index contributed by atoms with van der Waals surface area (Å²) in [7, 11) is 0. The minimum absolute atomic E-state index is 0.222. The summed E-state index contributed by atoms with van der Waals surface area (Å²) in [5.41, 5.74) is 3.27. The molecule has 0 aromatic heterocycles. The molecule has 1 aliphatic rings. The van der Waals surface area contributed by atoms with E-state index in [9.17, 15) is 9.59 Å². The van der Waals surface area contributed by atoms with Crippen LogP contribution in [0.15, 0.2) is 84.6 Å². The number of urea groups is 1. The van der Waals surface area contributed by atoms with Gasteiger partial charge in [0.25, 0.3) is 5.91 Å². The summed E-state index contributed by atoms with van der Waals surface area (Å²) in [5.74, 6) is 0.282. The van der Waals surface area contributed by atoms with Gasteiger partial charge in [-0.25, -0.2) is 4.79 Å². The first kappa shape index (κ1) is 19.9. The minimum atomic E-state index is -0.434. The van der Waals surface area contributed by atoms with Crippen LogP contribution in [0.5, 0.6) is 5.75 Å². The Kier molecular flexibility index (Phi) is 5.77. The normalized spacial score (nSPS) is 14.4. The molecule has 0 bridgehead atoms. The number of rotatable bonds is 6. The van der Waals surface area contributed by atoms with E-state index < -0.39 is 6.03 Å². The first-order valence-electron chi connectivity index (χ1n) is 9.73. The average molecular weight is 409 g/mol. The van der Waals surface area contributed by atoms with Crippen LogP contribution in [0.25, 0.3) is 6.08 Å². The van der Waals surface area contributed by atoms with Gasteiger partial charge in [0, 0.05) is 5.56 Å². The fraction of sp³-hybridized carbons (Fsp3) is 0.0800. The van der Waals surface area contributed by atoms with Crippen LogP contribution in [-0.2, 0) is 17.9 Å². The van der Waals surface area contributed by atoms with Crippen molar-refractivity contribution in [2.45, 2.75) is 13.2 Å². The lowest BCUT2D eigenvalue weighted by molar-refractivity contribution is -0.123. The van der Waals surface area contributed by atoms with E-state index in [0.717, 1.165) is 16.7 Å². The maximum atomic E-state index is 12.6. The lowest BCUT2D eigenvalue weighted by Crippen LogP contribution is -2.30. The molecule has 1 fully saturated rings. The summed E-state index contributed by atoms with van der Waals surface area (Å²) in [6, 6.07) is 25.5. The molecule has 0 radical (unpaired) electrons. The van der Waals surface area contributed by atoms with Crippen LogP contribution in [0.4, 0.5) is 4.79 Å². The number of hydrogen-bond donors (Lipinski definition) is 1. The van der Waals surface area contributed by atoms with E-state index in [1.165, 1.54) is 4.90 Å². The smallest absolute Gasteiger partial charge is 0.329 e. The van der Waals surface area contributed by atoms with Crippen molar-refractivity contribution in [3.8, 4) is 11.8 Å². The standard InChI is InChI=1S/C25H19N3O3/c26-15-20-8-4-5-9-21(20)17-31-22-12-10-18(11-13-22)14-23-24(29)28(25(30)27-23)16-19-6-2-1-3-7-19/h1-14H,16-17H2,(H,27,30)/b23-14+. The Morgan fingerprint density at radius 2 is 1.65 bits per heavy atom. The molecule has 6 heteroatoms. The van der Waals surface area contributed by atoms with E-state index in [-0.39, 0.29) is 24.8 Å². The summed E-state index contributed by atoms with van der Waals surface area (Å²) >= 11 is 0. The lowest BCUT2D eigenvalue weighted by Gasteiger charge is -2.11. The number of carbonyl (C=O) groups is 2. The van der Waals surface area contributed by atoms with E-state index >= 15 is 0 Å². The predicted octanol–water partition coefficient (Wildman–Crippen LogP) is 4.23. The van der Waals surface area contributed by atoms with E-state index in [0.29, 0.717) is 11.3 Å². The number of ether oxygens (including phenoxy) is 1. The van der Waals surface area contributed by atoms with Crippen LogP contribution >= 0.6 is 0 Å². The second-order valence-corrected chi connectivity index (χ2v) is 6.99. The molecule has 4 rings (SSSR count). The van der Waals surface area contributed by atoms with Gasteiger partial charge in [0.2, 0.25) is 0 Å². The Balaban J connectivity index is 1.42. The van der Waals surface area contributed by atoms with E-state index in [4.69, 9.17) is 10.00 Å². The van der Waals surface area contributed by atoms with Crippen molar-refractivity contribution in [2.24, 2.45) is 0 Å². The Morgan fingerprint density at radius 1 is 0.935 bits per heavy atom. The summed E-state index contributed by atoms with van der Waals surface area (Å²) < 4.78 is 5.76. The number of benzene rings is 3. The number of nitrogens with one attached hydrogen (secondary N) is 1. The topological polar surface area (TPSA) is 82.4 Å². The van der Waals surface area contributed by atoms with Gasteiger partial charge in [-0.15, -0.1) is 0 Å². The Morgan fingerprint density at radius 3 is 2.39 bits per heavy atom. The molecule has 1 heterocycles. The monoisotopic (exact) mass is 409 g/mol. The highest BCUT2D eigenvalue weighted by Gasteiger charge is 2.33. The van der Waals surface area contributed by atoms with Crippen LogP contribution in [0, 0.1) is 11.3 Å². The fourth-order valence-electron chi connectivity index (χ4n) is 3.22. The molecule has 3 aromatic rings. The van der Waals surface area contributed by atoms with Crippen LogP contribution < -0.4 is 10.1 Å². The molecule has 152 valence electrons. The van der Waals surface area contributed by atoms with Crippen LogP contribution in [0.3, 0.4) is 0 Å². The summed E-state index contributed by atoms with van der Waals surface area (Å²) in [6.07, 6.45) is 1.64. The maximum absolute atomic E-state index is 12.6. The SMILES string of the molecule is N#Cc1ccccc1COc1ccc(/C=C2/NC(=O)N(Cc3ccccc3)C2=O)cc1. The number of nitrogens with zero attached hydrogens (tertiary/aromatic N) is 2. The van der Waals surface area contributed by atoms with Gasteiger partial charge >= 0.3 is 6.03 Å². The van der Waals surface area contributed by atoms with Gasteiger partial charge in [-0.2, -0.15) is 5.26 Å². The van der Waals surface area contributed by atoms with Crippen molar-refractivity contribution < 1.29 is 14.3 Å². The molecule has 3 amide bonds. The molecule has 0 atom stereocenters. The molecule has 6 nitrogen and oxygen atoms in total. The third kappa shape index (κ3) is 4.62. The third-order valence-corrected chi connectivity index (χ3v) is 4.87. The third-order valence-electron chi connectivity index (χ3n) is 4.87. The van der Waals surface area contributed by atoms with Crippen molar-refractivity contribution in [1.29, 1.82) is 5.26 Å². The molecule has 0 aliphatic carbocycles. The zero-order valence-corrected chi connectivity index (χ0v) is 16.6. The quantitative estimate of drug-likeness (QED) is 0.488. The second-order valence-electron chi connectivity index (χ2n) is 6.99. The number of hydrogen-bond acceptors (Lipinski definition) is 4. The second kappa shape index (κ2) is 8.97. The lowest BCUT2D eigenvalue weighted by atomic mass is 10.1. The summed E-state index contributed by atoms with van der Waals surface area (Å²) in [5, 5.41) is 11.8. The van der Waals surface area contributed by atoms with Crippen LogP contribution in [0.2, 0.25) is 0 Å². The molecular formula is C25H19N3O3. The van der Waals surface area contributed by atoms with E-state index in [1.54, 1.807) is 36.4 Å².